The standard InChI is InChI=1S/C21H17F8N7/c22-19(23)5-3-11(8-19)1-2-16-34-17(13-9-30-10-15(33-13)21(27,28)29)36-18(35-16)32-12-4-6-31-14(7-12)20(24,25)26/h4,6-7,9-11H,1-3,5,8H2,(H,31,32,34,35,36)/t11-/m1/s1. The molecule has 3 aromatic heterocycles. The van der Waals surface area contributed by atoms with Gasteiger partial charge in [0.2, 0.25) is 11.9 Å². The van der Waals surface area contributed by atoms with Gasteiger partial charge in [0.25, 0.3) is 0 Å². The molecule has 1 aliphatic carbocycles. The maximum Gasteiger partial charge on any atom is 0.434 e. The number of pyridine rings is 1. The van der Waals surface area contributed by atoms with Crippen molar-refractivity contribution in [2.24, 2.45) is 5.92 Å². The van der Waals surface area contributed by atoms with Crippen LogP contribution in [-0.2, 0) is 18.8 Å². The number of rotatable bonds is 6. The van der Waals surface area contributed by atoms with Crippen molar-refractivity contribution in [3.8, 4) is 11.5 Å². The Hall–Kier alpha value is -3.52. The number of alkyl halides is 8. The molecule has 0 amide bonds. The number of anilines is 2. The van der Waals surface area contributed by atoms with Crippen molar-refractivity contribution in [1.82, 2.24) is 29.9 Å². The molecule has 3 heterocycles. The maximum atomic E-state index is 13.5. The summed E-state index contributed by atoms with van der Waals surface area (Å²) < 4.78 is 105. The van der Waals surface area contributed by atoms with Crippen molar-refractivity contribution in [3.05, 3.63) is 47.9 Å². The fourth-order valence-electron chi connectivity index (χ4n) is 3.73. The Bertz CT molecular complexity index is 1230. The van der Waals surface area contributed by atoms with E-state index in [9.17, 15) is 35.1 Å². The molecule has 0 unspecified atom stereocenters. The lowest BCUT2D eigenvalue weighted by molar-refractivity contribution is -0.142. The second kappa shape index (κ2) is 9.50. The number of hydrogen-bond donors (Lipinski definition) is 1. The minimum absolute atomic E-state index is 0.0435. The Balaban J connectivity index is 1.66. The van der Waals surface area contributed by atoms with E-state index in [-0.39, 0.29) is 60.6 Å². The fraction of sp³-hybridized carbons (Fsp3) is 0.429. The highest BCUT2D eigenvalue weighted by Crippen LogP contribution is 2.40. The first-order valence-corrected chi connectivity index (χ1v) is 10.6. The van der Waals surface area contributed by atoms with Gasteiger partial charge in [-0.1, -0.05) is 0 Å². The minimum atomic E-state index is -4.79. The molecule has 1 atom stereocenters. The summed E-state index contributed by atoms with van der Waals surface area (Å²) in [6.07, 6.45) is -6.98. The van der Waals surface area contributed by atoms with Gasteiger partial charge in [-0.3, -0.25) is 9.97 Å². The average molecular weight is 519 g/mol. The van der Waals surface area contributed by atoms with Crippen LogP contribution in [0.25, 0.3) is 11.5 Å². The van der Waals surface area contributed by atoms with Crippen LogP contribution in [0.4, 0.5) is 46.8 Å². The van der Waals surface area contributed by atoms with Gasteiger partial charge in [-0.15, -0.1) is 0 Å². The second-order valence-corrected chi connectivity index (χ2v) is 8.24. The smallest absolute Gasteiger partial charge is 0.324 e. The van der Waals surface area contributed by atoms with Crippen molar-refractivity contribution in [1.29, 1.82) is 0 Å². The van der Waals surface area contributed by atoms with Crippen LogP contribution < -0.4 is 5.32 Å². The van der Waals surface area contributed by atoms with E-state index in [4.69, 9.17) is 0 Å². The number of nitrogens with one attached hydrogen (secondary N) is 1. The first-order valence-electron chi connectivity index (χ1n) is 10.6. The number of hydrogen-bond acceptors (Lipinski definition) is 7. The largest absolute Gasteiger partial charge is 0.434 e. The van der Waals surface area contributed by atoms with Gasteiger partial charge >= 0.3 is 12.4 Å². The third-order valence-electron chi connectivity index (χ3n) is 5.42. The predicted octanol–water partition coefficient (Wildman–Crippen LogP) is 5.87. The van der Waals surface area contributed by atoms with Crippen LogP contribution in [0.5, 0.6) is 0 Å². The van der Waals surface area contributed by atoms with Crippen molar-refractivity contribution < 1.29 is 35.1 Å². The van der Waals surface area contributed by atoms with E-state index in [0.717, 1.165) is 12.4 Å². The zero-order chi connectivity index (χ0) is 26.1. The minimum Gasteiger partial charge on any atom is -0.324 e. The van der Waals surface area contributed by atoms with E-state index in [1.165, 1.54) is 6.07 Å². The SMILES string of the molecule is FC1(F)CC[C@@H](CCc2nc(Nc3ccnc(C(F)(F)F)c3)nc(-c3cncc(C(F)(F)F)n3)n2)C1. The molecule has 0 bridgehead atoms. The van der Waals surface area contributed by atoms with Gasteiger partial charge < -0.3 is 5.32 Å². The molecule has 1 saturated carbocycles. The molecule has 3 aromatic rings. The Morgan fingerprint density at radius 2 is 1.69 bits per heavy atom. The van der Waals surface area contributed by atoms with Gasteiger partial charge in [-0.2, -0.15) is 36.3 Å². The van der Waals surface area contributed by atoms with E-state index < -0.39 is 29.7 Å². The summed E-state index contributed by atoms with van der Waals surface area (Å²) in [5.41, 5.74) is -2.93. The molecule has 0 spiro atoms. The highest BCUT2D eigenvalue weighted by molar-refractivity contribution is 5.56. The first-order chi connectivity index (χ1) is 16.8. The van der Waals surface area contributed by atoms with Crippen molar-refractivity contribution in [2.45, 2.75) is 50.4 Å². The third-order valence-corrected chi connectivity index (χ3v) is 5.42. The van der Waals surface area contributed by atoms with Crippen molar-refractivity contribution in [2.75, 3.05) is 5.32 Å². The molecule has 1 N–H and O–H groups in total. The van der Waals surface area contributed by atoms with Crippen LogP contribution in [0.15, 0.2) is 30.7 Å². The average Bonchev–Trinajstić information content (AvgIpc) is 3.15. The second-order valence-electron chi connectivity index (χ2n) is 8.24. The van der Waals surface area contributed by atoms with Gasteiger partial charge in [0.1, 0.15) is 17.2 Å². The molecule has 0 aliphatic heterocycles. The topological polar surface area (TPSA) is 89.4 Å². The van der Waals surface area contributed by atoms with Crippen molar-refractivity contribution in [3.63, 3.8) is 0 Å². The summed E-state index contributed by atoms with van der Waals surface area (Å²) in [4.78, 5) is 22.5. The number of halogens is 8. The molecule has 7 nitrogen and oxygen atoms in total. The number of aromatic nitrogens is 6. The Labute approximate surface area is 198 Å². The summed E-state index contributed by atoms with van der Waals surface area (Å²) in [7, 11) is 0. The highest BCUT2D eigenvalue weighted by atomic mass is 19.4. The number of nitrogens with zero attached hydrogens (tertiary/aromatic N) is 6. The normalized spacial score (nSPS) is 17.8. The lowest BCUT2D eigenvalue weighted by Crippen LogP contribution is -2.12. The molecule has 4 rings (SSSR count). The summed E-state index contributed by atoms with van der Waals surface area (Å²) >= 11 is 0. The summed E-state index contributed by atoms with van der Waals surface area (Å²) in [6, 6.07) is 1.91. The van der Waals surface area contributed by atoms with Crippen LogP contribution in [0.2, 0.25) is 0 Å². The molecule has 0 saturated heterocycles. The van der Waals surface area contributed by atoms with Crippen molar-refractivity contribution >= 4 is 11.6 Å². The van der Waals surface area contributed by atoms with Gasteiger partial charge in [0.15, 0.2) is 11.5 Å². The Kier molecular flexibility index (Phi) is 6.75. The van der Waals surface area contributed by atoms with Gasteiger partial charge in [-0.05, 0) is 30.9 Å². The maximum absolute atomic E-state index is 13.5. The third kappa shape index (κ3) is 6.37. The van der Waals surface area contributed by atoms with E-state index >= 15 is 0 Å². The van der Waals surface area contributed by atoms with Gasteiger partial charge in [0, 0.05) is 31.1 Å². The summed E-state index contributed by atoms with van der Waals surface area (Å²) in [5, 5.41) is 2.56. The zero-order valence-electron chi connectivity index (χ0n) is 18.2. The first kappa shape index (κ1) is 25.6. The molecule has 1 aliphatic rings. The summed E-state index contributed by atoms with van der Waals surface area (Å²) in [5.74, 6) is -3.61. The Morgan fingerprint density at radius 1 is 0.944 bits per heavy atom. The molecular weight excluding hydrogens is 502 g/mol. The lowest BCUT2D eigenvalue weighted by atomic mass is 10.0. The molecule has 192 valence electrons. The van der Waals surface area contributed by atoms with Crippen LogP contribution in [0, 0.1) is 5.92 Å². The zero-order valence-corrected chi connectivity index (χ0v) is 18.2. The van der Waals surface area contributed by atoms with Gasteiger partial charge in [0.05, 0.1) is 12.4 Å². The monoisotopic (exact) mass is 519 g/mol. The lowest BCUT2D eigenvalue weighted by Gasteiger charge is -2.13. The van der Waals surface area contributed by atoms with Gasteiger partial charge in [-0.25, -0.2) is 18.7 Å². The molecule has 15 heteroatoms. The summed E-state index contributed by atoms with van der Waals surface area (Å²) in [6.45, 7) is 0. The molecule has 1 fully saturated rings. The van der Waals surface area contributed by atoms with E-state index in [2.05, 4.69) is 35.2 Å². The quantitative estimate of drug-likeness (QED) is 0.408. The molecule has 0 aromatic carbocycles. The number of aryl methyl sites for hydroxylation is 1. The predicted molar refractivity (Wildman–Crippen MR) is 109 cm³/mol. The van der Waals surface area contributed by atoms with E-state index in [1.54, 1.807) is 0 Å². The van der Waals surface area contributed by atoms with E-state index in [1.807, 2.05) is 0 Å². The van der Waals surface area contributed by atoms with Crippen LogP contribution in [0.3, 0.4) is 0 Å². The molecular formula is C21H17F8N7. The Morgan fingerprint density at radius 3 is 2.36 bits per heavy atom. The molecule has 36 heavy (non-hydrogen) atoms. The van der Waals surface area contributed by atoms with Crippen LogP contribution in [-0.4, -0.2) is 35.8 Å². The molecule has 0 radical (unpaired) electrons. The fourth-order valence-corrected chi connectivity index (χ4v) is 3.73. The van der Waals surface area contributed by atoms with E-state index in [0.29, 0.717) is 18.7 Å². The van der Waals surface area contributed by atoms with Crippen LogP contribution in [0.1, 0.15) is 42.9 Å². The highest BCUT2D eigenvalue weighted by Gasteiger charge is 2.39. The van der Waals surface area contributed by atoms with Crippen LogP contribution >= 0.6 is 0 Å².